The molecule has 0 bridgehead atoms. The number of anilines is 1. The zero-order valence-corrected chi connectivity index (χ0v) is 10.5. The lowest BCUT2D eigenvalue weighted by Gasteiger charge is -2.32. The van der Waals surface area contributed by atoms with Gasteiger partial charge in [0.15, 0.2) is 5.82 Å². The summed E-state index contributed by atoms with van der Waals surface area (Å²) in [4.78, 5) is 13.3. The molecule has 2 rings (SSSR count). The van der Waals surface area contributed by atoms with Crippen molar-refractivity contribution in [1.29, 1.82) is 0 Å². The minimum atomic E-state index is -0.691. The van der Waals surface area contributed by atoms with Gasteiger partial charge in [-0.05, 0) is 38.4 Å². The monoisotopic (exact) mass is 254 g/mol. The van der Waals surface area contributed by atoms with E-state index >= 15 is 0 Å². The summed E-state index contributed by atoms with van der Waals surface area (Å²) in [5.41, 5.74) is 0.116. The van der Waals surface area contributed by atoms with Crippen LogP contribution >= 0.6 is 0 Å². The first-order valence-corrected chi connectivity index (χ1v) is 5.99. The van der Waals surface area contributed by atoms with Gasteiger partial charge in [0.1, 0.15) is 11.5 Å². The molecule has 1 amide bonds. The maximum absolute atomic E-state index is 14.0. The molecule has 0 radical (unpaired) electrons. The fourth-order valence-corrected chi connectivity index (χ4v) is 2.25. The van der Waals surface area contributed by atoms with E-state index in [2.05, 4.69) is 5.32 Å². The van der Waals surface area contributed by atoms with E-state index in [4.69, 9.17) is 0 Å². The molecule has 98 valence electrons. The summed E-state index contributed by atoms with van der Waals surface area (Å²) in [6.07, 6.45) is 1.42. The fourth-order valence-electron chi connectivity index (χ4n) is 2.25. The number of piperidine rings is 1. The van der Waals surface area contributed by atoms with Crippen LogP contribution in [0.15, 0.2) is 12.1 Å². The smallest absolute Gasteiger partial charge is 0.244 e. The Balaban J connectivity index is 2.42. The van der Waals surface area contributed by atoms with Crippen LogP contribution in [0.5, 0.6) is 0 Å². The van der Waals surface area contributed by atoms with Crippen molar-refractivity contribution in [2.24, 2.45) is 0 Å². The predicted molar refractivity (Wildman–Crippen MR) is 65.5 cm³/mol. The Bertz CT molecular complexity index is 476. The fraction of sp³-hybridized carbons (Fsp3) is 0.462. The van der Waals surface area contributed by atoms with Crippen LogP contribution in [-0.4, -0.2) is 25.5 Å². The molecule has 18 heavy (non-hydrogen) atoms. The lowest BCUT2D eigenvalue weighted by molar-refractivity contribution is -0.121. The van der Waals surface area contributed by atoms with Gasteiger partial charge in [0, 0.05) is 6.54 Å². The molecule has 3 nitrogen and oxygen atoms in total. The number of carbonyl (C=O) groups is 1. The number of nitrogens with one attached hydrogen (secondary N) is 1. The summed E-state index contributed by atoms with van der Waals surface area (Å²) in [5, 5.41) is 2.87. The molecule has 1 atom stereocenters. The van der Waals surface area contributed by atoms with Crippen molar-refractivity contribution in [3.63, 3.8) is 0 Å². The van der Waals surface area contributed by atoms with Crippen molar-refractivity contribution < 1.29 is 13.6 Å². The normalized spacial score (nSPS) is 20.3. The van der Waals surface area contributed by atoms with Gasteiger partial charge in [0.25, 0.3) is 0 Å². The number of hydrogen-bond donors (Lipinski definition) is 1. The standard InChI is InChI=1S/C13H16F2N2O/c1-8-5-6-9(14)12(11(8)15)17-7-3-4-10(16-2)13(17)18/h5-6,10,16H,3-4,7H2,1-2H3. The first kappa shape index (κ1) is 13.0. The molecule has 1 aliphatic rings. The highest BCUT2D eigenvalue weighted by molar-refractivity contribution is 5.98. The molecule has 1 fully saturated rings. The summed E-state index contributed by atoms with van der Waals surface area (Å²) >= 11 is 0. The van der Waals surface area contributed by atoms with E-state index in [1.807, 2.05) is 0 Å². The van der Waals surface area contributed by atoms with Crippen molar-refractivity contribution in [1.82, 2.24) is 5.32 Å². The number of carbonyl (C=O) groups excluding carboxylic acids is 1. The van der Waals surface area contributed by atoms with E-state index in [9.17, 15) is 13.6 Å². The number of amides is 1. The summed E-state index contributed by atoms with van der Waals surface area (Å²) in [5.74, 6) is -1.62. The Hall–Kier alpha value is -1.49. The van der Waals surface area contributed by atoms with Crippen LogP contribution in [0.2, 0.25) is 0 Å². The highest BCUT2D eigenvalue weighted by Crippen LogP contribution is 2.28. The van der Waals surface area contributed by atoms with E-state index in [0.717, 1.165) is 6.42 Å². The van der Waals surface area contributed by atoms with E-state index < -0.39 is 11.6 Å². The molecule has 0 aliphatic carbocycles. The topological polar surface area (TPSA) is 32.3 Å². The first-order chi connectivity index (χ1) is 8.56. The Labute approximate surface area is 105 Å². The van der Waals surface area contributed by atoms with E-state index in [0.29, 0.717) is 18.5 Å². The van der Waals surface area contributed by atoms with Gasteiger partial charge in [-0.1, -0.05) is 6.07 Å². The average molecular weight is 254 g/mol. The third kappa shape index (κ3) is 2.10. The maximum atomic E-state index is 14.0. The second-order valence-corrected chi connectivity index (χ2v) is 4.50. The van der Waals surface area contributed by atoms with Crippen LogP contribution < -0.4 is 10.2 Å². The number of rotatable bonds is 2. The van der Waals surface area contributed by atoms with Crippen molar-refractivity contribution in [3.8, 4) is 0 Å². The summed E-state index contributed by atoms with van der Waals surface area (Å²) in [6, 6.07) is 2.21. The third-order valence-electron chi connectivity index (χ3n) is 3.32. The molecule has 1 heterocycles. The van der Waals surface area contributed by atoms with Crippen LogP contribution in [0, 0.1) is 18.6 Å². The molecule has 1 aromatic rings. The number of likely N-dealkylation sites (N-methyl/N-ethyl adjacent to an activating group) is 1. The van der Waals surface area contributed by atoms with Crippen molar-refractivity contribution in [3.05, 3.63) is 29.3 Å². The van der Waals surface area contributed by atoms with Crippen molar-refractivity contribution in [2.45, 2.75) is 25.8 Å². The maximum Gasteiger partial charge on any atom is 0.244 e. The lowest BCUT2D eigenvalue weighted by Crippen LogP contribution is -2.50. The molecule has 1 saturated heterocycles. The van der Waals surface area contributed by atoms with Gasteiger partial charge in [0.05, 0.1) is 6.04 Å². The van der Waals surface area contributed by atoms with E-state index in [-0.39, 0.29) is 17.6 Å². The second kappa shape index (κ2) is 5.02. The van der Waals surface area contributed by atoms with Gasteiger partial charge in [-0.2, -0.15) is 0 Å². The van der Waals surface area contributed by atoms with Crippen LogP contribution in [0.25, 0.3) is 0 Å². The molecule has 0 saturated carbocycles. The molecule has 1 unspecified atom stereocenters. The van der Waals surface area contributed by atoms with Gasteiger partial charge < -0.3 is 10.2 Å². The van der Waals surface area contributed by atoms with Gasteiger partial charge in [-0.15, -0.1) is 0 Å². The third-order valence-corrected chi connectivity index (χ3v) is 3.32. The number of benzene rings is 1. The Morgan fingerprint density at radius 2 is 2.11 bits per heavy atom. The van der Waals surface area contributed by atoms with Crippen molar-refractivity contribution in [2.75, 3.05) is 18.5 Å². The zero-order chi connectivity index (χ0) is 13.3. The van der Waals surface area contributed by atoms with E-state index in [1.54, 1.807) is 14.0 Å². The minimum Gasteiger partial charge on any atom is -0.309 e. The SMILES string of the molecule is CNC1CCCN(c2c(F)ccc(C)c2F)C1=O. The van der Waals surface area contributed by atoms with Gasteiger partial charge in [-0.25, -0.2) is 8.78 Å². The number of nitrogens with zero attached hydrogens (tertiary/aromatic N) is 1. The first-order valence-electron chi connectivity index (χ1n) is 5.99. The lowest BCUT2D eigenvalue weighted by atomic mass is 10.0. The molecule has 1 aromatic carbocycles. The summed E-state index contributed by atoms with van der Waals surface area (Å²) < 4.78 is 27.8. The van der Waals surface area contributed by atoms with Gasteiger partial charge >= 0.3 is 0 Å². The molecule has 0 spiro atoms. The van der Waals surface area contributed by atoms with Crippen molar-refractivity contribution >= 4 is 11.6 Å². The predicted octanol–water partition coefficient (Wildman–Crippen LogP) is 1.99. The van der Waals surface area contributed by atoms with E-state index in [1.165, 1.54) is 17.0 Å². The molecular formula is C13H16F2N2O. The Kier molecular flexibility index (Phi) is 3.61. The van der Waals surface area contributed by atoms with Crippen LogP contribution in [-0.2, 0) is 4.79 Å². The minimum absolute atomic E-state index is 0.222. The molecule has 1 aliphatic heterocycles. The number of aryl methyl sites for hydroxylation is 1. The van der Waals surface area contributed by atoms with Gasteiger partial charge in [-0.3, -0.25) is 4.79 Å². The quantitative estimate of drug-likeness (QED) is 0.875. The average Bonchev–Trinajstić information content (AvgIpc) is 2.36. The van der Waals surface area contributed by atoms with Gasteiger partial charge in [0.2, 0.25) is 5.91 Å². The molecule has 1 N–H and O–H groups in total. The van der Waals surface area contributed by atoms with Crippen LogP contribution in [0.4, 0.5) is 14.5 Å². The zero-order valence-electron chi connectivity index (χ0n) is 10.5. The Morgan fingerprint density at radius 3 is 2.78 bits per heavy atom. The number of halogens is 2. The van der Waals surface area contributed by atoms with Crippen LogP contribution in [0.3, 0.4) is 0 Å². The summed E-state index contributed by atoms with van der Waals surface area (Å²) in [6.45, 7) is 1.91. The largest absolute Gasteiger partial charge is 0.309 e. The summed E-state index contributed by atoms with van der Waals surface area (Å²) in [7, 11) is 1.68. The Morgan fingerprint density at radius 1 is 1.39 bits per heavy atom. The molecule has 0 aromatic heterocycles. The second-order valence-electron chi connectivity index (χ2n) is 4.50. The molecular weight excluding hydrogens is 238 g/mol. The van der Waals surface area contributed by atoms with Crippen LogP contribution in [0.1, 0.15) is 18.4 Å². The highest BCUT2D eigenvalue weighted by Gasteiger charge is 2.32. The molecule has 5 heteroatoms. The highest BCUT2D eigenvalue weighted by atomic mass is 19.1. The number of hydrogen-bond acceptors (Lipinski definition) is 2.